The summed E-state index contributed by atoms with van der Waals surface area (Å²) in [7, 11) is 0. The molecule has 0 spiro atoms. The summed E-state index contributed by atoms with van der Waals surface area (Å²) in [5.41, 5.74) is 7.73. The summed E-state index contributed by atoms with van der Waals surface area (Å²) in [5, 5.41) is 0.456. The molecule has 3 rings (SSSR count). The van der Waals surface area contributed by atoms with Gasteiger partial charge in [0.1, 0.15) is 12.4 Å². The van der Waals surface area contributed by atoms with E-state index in [0.29, 0.717) is 28.9 Å². The quantitative estimate of drug-likeness (QED) is 0.712. The zero-order valence-electron chi connectivity index (χ0n) is 10.7. The molecule has 5 heteroatoms. The zero-order chi connectivity index (χ0) is 13.9. The van der Waals surface area contributed by atoms with E-state index >= 15 is 0 Å². The van der Waals surface area contributed by atoms with Crippen molar-refractivity contribution in [3.8, 4) is 5.75 Å². The molecule has 0 radical (unpaired) electrons. The predicted molar refractivity (Wildman–Crippen MR) is 77.6 cm³/mol. The van der Waals surface area contributed by atoms with Gasteiger partial charge in [-0.05, 0) is 11.6 Å². The monoisotopic (exact) mass is 267 g/mol. The Kier molecular flexibility index (Phi) is 3.09. The summed E-state index contributed by atoms with van der Waals surface area (Å²) in [5.74, 6) is 0.527. The van der Waals surface area contributed by atoms with Crippen LogP contribution >= 0.6 is 0 Å². The predicted octanol–water partition coefficient (Wildman–Crippen LogP) is 2.08. The van der Waals surface area contributed by atoms with Crippen LogP contribution in [0.1, 0.15) is 5.56 Å². The summed E-state index contributed by atoms with van der Waals surface area (Å²) in [6.45, 7) is 0.416. The Balaban J connectivity index is 1.92. The first-order valence-corrected chi connectivity index (χ1v) is 6.18. The van der Waals surface area contributed by atoms with Gasteiger partial charge >= 0.3 is 0 Å². The van der Waals surface area contributed by atoms with Crippen molar-refractivity contribution in [3.63, 3.8) is 0 Å². The van der Waals surface area contributed by atoms with Crippen molar-refractivity contribution >= 4 is 16.6 Å². The summed E-state index contributed by atoms with van der Waals surface area (Å²) in [6, 6.07) is 13.1. The number of rotatable bonds is 3. The van der Waals surface area contributed by atoms with Crippen molar-refractivity contribution < 1.29 is 4.74 Å². The zero-order valence-corrected chi connectivity index (χ0v) is 10.7. The summed E-state index contributed by atoms with van der Waals surface area (Å²) < 4.78 is 5.69. The van der Waals surface area contributed by atoms with E-state index in [9.17, 15) is 4.79 Å². The fraction of sp³-hybridized carbons (Fsp3) is 0.0667. The Morgan fingerprint density at radius 3 is 2.80 bits per heavy atom. The number of fused-ring (bicyclic) bond motifs is 1. The fourth-order valence-corrected chi connectivity index (χ4v) is 1.97. The highest BCUT2D eigenvalue weighted by molar-refractivity contribution is 5.84. The molecule has 3 N–H and O–H groups in total. The molecular weight excluding hydrogens is 254 g/mol. The lowest BCUT2D eigenvalue weighted by atomic mass is 10.2. The van der Waals surface area contributed by atoms with Crippen molar-refractivity contribution in [2.75, 3.05) is 5.73 Å². The molecule has 0 saturated heterocycles. The van der Waals surface area contributed by atoms with Crippen molar-refractivity contribution in [3.05, 3.63) is 64.7 Å². The smallest absolute Gasteiger partial charge is 0.258 e. The molecule has 1 heterocycles. The van der Waals surface area contributed by atoms with Gasteiger partial charge < -0.3 is 15.5 Å². The number of H-pyrrole nitrogens is 1. The molecule has 3 aromatic rings. The molecule has 0 aliphatic rings. The van der Waals surface area contributed by atoms with Gasteiger partial charge in [0, 0.05) is 6.07 Å². The molecule has 0 bridgehead atoms. The van der Waals surface area contributed by atoms with Crippen LogP contribution in [0.4, 0.5) is 5.69 Å². The number of anilines is 1. The van der Waals surface area contributed by atoms with Crippen LogP contribution in [0.15, 0.2) is 53.6 Å². The minimum atomic E-state index is -0.212. The van der Waals surface area contributed by atoms with E-state index in [1.807, 2.05) is 30.3 Å². The van der Waals surface area contributed by atoms with E-state index < -0.39 is 0 Å². The van der Waals surface area contributed by atoms with Gasteiger partial charge in [-0.25, -0.2) is 4.98 Å². The lowest BCUT2D eigenvalue weighted by Gasteiger charge is -2.09. The number of aromatic nitrogens is 2. The average Bonchev–Trinajstić information content (AvgIpc) is 2.47. The standard InChI is InChI=1S/C15H13N3O2/c16-12-6-11-13(17-9-18-15(11)19)7-14(12)20-8-10-4-2-1-3-5-10/h1-7,9H,8,16H2,(H,17,18,19). The highest BCUT2D eigenvalue weighted by Crippen LogP contribution is 2.26. The first-order valence-electron chi connectivity index (χ1n) is 6.18. The molecule has 100 valence electrons. The number of nitrogens with one attached hydrogen (secondary N) is 1. The number of hydrogen-bond acceptors (Lipinski definition) is 4. The molecular formula is C15H13N3O2. The number of nitrogens with zero attached hydrogens (tertiary/aromatic N) is 1. The van der Waals surface area contributed by atoms with Crippen LogP contribution in [-0.2, 0) is 6.61 Å². The van der Waals surface area contributed by atoms with Crippen LogP contribution in [0.5, 0.6) is 5.75 Å². The van der Waals surface area contributed by atoms with Gasteiger partial charge in [0.2, 0.25) is 0 Å². The number of nitrogens with two attached hydrogens (primary N) is 1. The second-order valence-corrected chi connectivity index (χ2v) is 4.41. The molecule has 5 nitrogen and oxygen atoms in total. The van der Waals surface area contributed by atoms with E-state index in [0.717, 1.165) is 5.56 Å². The third-order valence-electron chi connectivity index (χ3n) is 3.01. The largest absolute Gasteiger partial charge is 0.487 e. The Morgan fingerprint density at radius 1 is 1.20 bits per heavy atom. The number of hydrogen-bond donors (Lipinski definition) is 2. The van der Waals surface area contributed by atoms with Gasteiger partial charge in [-0.3, -0.25) is 4.79 Å². The molecule has 0 saturated carbocycles. The van der Waals surface area contributed by atoms with E-state index in [1.54, 1.807) is 12.1 Å². The number of benzene rings is 2. The molecule has 2 aromatic carbocycles. The van der Waals surface area contributed by atoms with Crippen LogP contribution in [0.3, 0.4) is 0 Å². The summed E-state index contributed by atoms with van der Waals surface area (Å²) >= 11 is 0. The normalized spacial score (nSPS) is 10.6. The summed E-state index contributed by atoms with van der Waals surface area (Å²) in [4.78, 5) is 18.3. The molecule has 0 unspecified atom stereocenters. The highest BCUT2D eigenvalue weighted by atomic mass is 16.5. The minimum Gasteiger partial charge on any atom is -0.487 e. The van der Waals surface area contributed by atoms with Crippen LogP contribution in [0.2, 0.25) is 0 Å². The fourth-order valence-electron chi connectivity index (χ4n) is 1.97. The van der Waals surface area contributed by atoms with Crippen molar-refractivity contribution in [1.29, 1.82) is 0 Å². The van der Waals surface area contributed by atoms with Crippen molar-refractivity contribution in [2.45, 2.75) is 6.61 Å². The maximum absolute atomic E-state index is 11.6. The molecule has 0 aliphatic carbocycles. The number of ether oxygens (including phenoxy) is 1. The Bertz CT molecular complexity index is 797. The lowest BCUT2D eigenvalue weighted by Crippen LogP contribution is -2.07. The van der Waals surface area contributed by atoms with Crippen LogP contribution in [0.25, 0.3) is 10.9 Å². The molecule has 0 fully saturated rings. The van der Waals surface area contributed by atoms with Gasteiger partial charge in [-0.1, -0.05) is 30.3 Å². The number of aromatic amines is 1. The SMILES string of the molecule is Nc1cc2c(=O)[nH]cnc2cc1OCc1ccccc1. The second kappa shape index (κ2) is 5.05. The van der Waals surface area contributed by atoms with E-state index in [4.69, 9.17) is 10.5 Å². The molecule has 1 aromatic heterocycles. The Labute approximate surface area is 115 Å². The van der Waals surface area contributed by atoms with E-state index in [1.165, 1.54) is 6.33 Å². The highest BCUT2D eigenvalue weighted by Gasteiger charge is 2.07. The molecule has 0 amide bonds. The van der Waals surface area contributed by atoms with Crippen LogP contribution in [0, 0.1) is 0 Å². The van der Waals surface area contributed by atoms with Gasteiger partial charge in [0.25, 0.3) is 5.56 Å². The third kappa shape index (κ3) is 2.33. The van der Waals surface area contributed by atoms with Gasteiger partial charge in [0.15, 0.2) is 0 Å². The van der Waals surface area contributed by atoms with Gasteiger partial charge in [-0.2, -0.15) is 0 Å². The second-order valence-electron chi connectivity index (χ2n) is 4.41. The van der Waals surface area contributed by atoms with Gasteiger partial charge in [0.05, 0.1) is 22.9 Å². The van der Waals surface area contributed by atoms with Gasteiger partial charge in [-0.15, -0.1) is 0 Å². The van der Waals surface area contributed by atoms with Crippen molar-refractivity contribution in [2.24, 2.45) is 0 Å². The topological polar surface area (TPSA) is 81.0 Å². The van der Waals surface area contributed by atoms with E-state index in [2.05, 4.69) is 9.97 Å². The van der Waals surface area contributed by atoms with E-state index in [-0.39, 0.29) is 5.56 Å². The number of nitrogen functional groups attached to an aromatic ring is 1. The maximum Gasteiger partial charge on any atom is 0.258 e. The first kappa shape index (κ1) is 12.2. The Morgan fingerprint density at radius 2 is 2.00 bits per heavy atom. The maximum atomic E-state index is 11.6. The molecule has 20 heavy (non-hydrogen) atoms. The third-order valence-corrected chi connectivity index (χ3v) is 3.01. The molecule has 0 atom stereocenters. The van der Waals surface area contributed by atoms with Crippen LogP contribution in [-0.4, -0.2) is 9.97 Å². The lowest BCUT2D eigenvalue weighted by molar-refractivity contribution is 0.308. The summed E-state index contributed by atoms with van der Waals surface area (Å²) in [6.07, 6.45) is 1.36. The first-order chi connectivity index (χ1) is 9.74. The molecule has 0 aliphatic heterocycles. The minimum absolute atomic E-state index is 0.212. The Hall–Kier alpha value is -2.82. The van der Waals surface area contributed by atoms with Crippen LogP contribution < -0.4 is 16.0 Å². The van der Waals surface area contributed by atoms with Crippen molar-refractivity contribution in [1.82, 2.24) is 9.97 Å². The average molecular weight is 267 g/mol.